The number of pyridine rings is 2. The first-order valence-electron chi connectivity index (χ1n) is 16.2. The zero-order valence-electron chi connectivity index (χ0n) is 31.1. The quantitative estimate of drug-likeness (QED) is 0.0862. The second-order valence-corrected chi connectivity index (χ2v) is 15.6. The molecule has 290 valence electrons. The summed E-state index contributed by atoms with van der Waals surface area (Å²) >= 11 is 0. The summed E-state index contributed by atoms with van der Waals surface area (Å²) in [6, 6.07) is 11.8. The summed E-state index contributed by atoms with van der Waals surface area (Å²) in [6.45, 7) is 2.63. The van der Waals surface area contributed by atoms with Gasteiger partial charge in [-0.2, -0.15) is 16.8 Å². The van der Waals surface area contributed by atoms with E-state index in [1.807, 2.05) is 0 Å². The van der Waals surface area contributed by atoms with Crippen LogP contribution in [0.5, 0.6) is 23.0 Å². The number of aromatic nitrogens is 2. The van der Waals surface area contributed by atoms with Crippen molar-refractivity contribution in [2.45, 2.75) is 19.9 Å². The lowest BCUT2D eigenvalue weighted by Gasteiger charge is -2.41. The van der Waals surface area contributed by atoms with Crippen molar-refractivity contribution in [2.75, 3.05) is 65.6 Å². The Morgan fingerprint density at radius 3 is 1.46 bits per heavy atom. The Balaban J connectivity index is 1.73. The second-order valence-electron chi connectivity index (χ2n) is 12.7. The minimum Gasteiger partial charge on any atom is -0.496 e. The molecule has 54 heavy (non-hydrogen) atoms. The maximum Gasteiger partial charge on any atom is 0.316 e. The van der Waals surface area contributed by atoms with Gasteiger partial charge in [-0.15, -0.1) is 0 Å². The van der Waals surface area contributed by atoms with E-state index in [1.165, 1.54) is 67.8 Å². The van der Waals surface area contributed by atoms with E-state index in [-0.39, 0.29) is 46.4 Å². The monoisotopic (exact) mass is 787 g/mol. The van der Waals surface area contributed by atoms with Gasteiger partial charge in [0.2, 0.25) is 5.88 Å². The number of likely N-dealkylation sites (N-methyl/N-ethyl adjacent to an activating group) is 2. The SMILES string of the molecule is COc1cc(-c2ccc(N(C)CC(CS(=O)(=O)O)[N+](C)(CS(=O)(=O)O)c3ccc(-c4cc(OC)c(C(C)=O)c(OC)c4)nc3)cn2)cc(OC)c1C(C)=O. The molecule has 0 saturated heterocycles. The van der Waals surface area contributed by atoms with Gasteiger partial charge in [0.1, 0.15) is 45.9 Å². The topological polar surface area (TPSA) is 209 Å². The number of Topliss-reactive ketones (excluding diaryl/α,β-unsaturated/α-hetero) is 2. The summed E-state index contributed by atoms with van der Waals surface area (Å²) in [4.78, 5) is 35.2. The number of benzene rings is 2. The third-order valence-electron chi connectivity index (χ3n) is 8.96. The molecular formula is C36H43N4O12S2+. The Bertz CT molecular complexity index is 2200. The molecule has 2 N–H and O–H groups in total. The van der Waals surface area contributed by atoms with E-state index >= 15 is 0 Å². The van der Waals surface area contributed by atoms with Gasteiger partial charge >= 0.3 is 10.1 Å². The molecule has 2 unspecified atom stereocenters. The lowest BCUT2D eigenvalue weighted by atomic mass is 10.0. The number of hydrogen-bond acceptors (Lipinski definition) is 13. The predicted molar refractivity (Wildman–Crippen MR) is 203 cm³/mol. The zero-order valence-corrected chi connectivity index (χ0v) is 32.7. The number of nitrogens with zero attached hydrogens (tertiary/aromatic N) is 4. The maximum absolute atomic E-state index is 12.5. The Morgan fingerprint density at radius 2 is 1.15 bits per heavy atom. The standard InChI is InChI=1S/C36H42N4O12S2/c1-22(41)35-31(49-5)13-24(14-32(35)50-6)29-11-9-26(17-37-29)39(3)19-28(20-53(43,44)45)40(4,21-54(46,47)48)27-10-12-30(38-18-27)25-15-33(51-7)36(23(2)42)34(16-25)52-8/h9-18,28H,19-21H2,1-8H3,(H-,43,44,45,46,47,48)/p+1. The lowest BCUT2D eigenvalue weighted by molar-refractivity contribution is 0.0998. The van der Waals surface area contributed by atoms with Crippen LogP contribution in [0.1, 0.15) is 34.6 Å². The smallest absolute Gasteiger partial charge is 0.316 e. The molecule has 0 aliphatic carbocycles. The van der Waals surface area contributed by atoms with Gasteiger partial charge < -0.3 is 23.8 Å². The Labute approximate surface area is 314 Å². The summed E-state index contributed by atoms with van der Waals surface area (Å²) < 4.78 is 90.9. The van der Waals surface area contributed by atoms with Crippen molar-refractivity contribution in [3.05, 3.63) is 72.1 Å². The summed E-state index contributed by atoms with van der Waals surface area (Å²) in [7, 11) is -0.734. The summed E-state index contributed by atoms with van der Waals surface area (Å²) in [6.07, 6.45) is 2.85. The number of quaternary nitrogens is 1. The van der Waals surface area contributed by atoms with Crippen molar-refractivity contribution in [3.8, 4) is 45.5 Å². The van der Waals surface area contributed by atoms with E-state index in [4.69, 9.17) is 18.9 Å². The molecule has 0 spiro atoms. The Hall–Kier alpha value is -5.14. The zero-order chi connectivity index (χ0) is 40.2. The highest BCUT2D eigenvalue weighted by molar-refractivity contribution is 7.86. The minimum absolute atomic E-state index is 0.148. The van der Waals surface area contributed by atoms with E-state index in [9.17, 15) is 35.5 Å². The summed E-state index contributed by atoms with van der Waals surface area (Å²) in [5, 5.41) is 0. The van der Waals surface area contributed by atoms with E-state index in [0.29, 0.717) is 39.7 Å². The van der Waals surface area contributed by atoms with Gasteiger partial charge in [0.25, 0.3) is 10.1 Å². The summed E-state index contributed by atoms with van der Waals surface area (Å²) in [5.74, 6) is -1.27. The van der Waals surface area contributed by atoms with Crippen LogP contribution in [0.4, 0.5) is 11.4 Å². The number of hydrogen-bond donors (Lipinski definition) is 2. The molecular weight excluding hydrogens is 745 g/mol. The number of ketones is 2. The maximum atomic E-state index is 12.5. The molecule has 0 fully saturated rings. The fraction of sp³-hybridized carbons (Fsp3) is 0.333. The molecule has 4 aromatic rings. The molecule has 4 rings (SSSR count). The molecule has 2 aromatic carbocycles. The number of rotatable bonds is 17. The van der Waals surface area contributed by atoms with Gasteiger partial charge in [0, 0.05) is 24.2 Å². The third-order valence-corrected chi connectivity index (χ3v) is 10.6. The van der Waals surface area contributed by atoms with Crippen molar-refractivity contribution in [1.29, 1.82) is 0 Å². The first-order valence-corrected chi connectivity index (χ1v) is 19.4. The lowest BCUT2D eigenvalue weighted by Crippen LogP contribution is -2.62. The highest BCUT2D eigenvalue weighted by Crippen LogP contribution is 2.37. The number of ether oxygens (including phenoxy) is 4. The van der Waals surface area contributed by atoms with Crippen molar-refractivity contribution in [1.82, 2.24) is 14.5 Å². The highest BCUT2D eigenvalue weighted by atomic mass is 32.2. The van der Waals surface area contributed by atoms with Crippen LogP contribution in [0.3, 0.4) is 0 Å². The summed E-state index contributed by atoms with van der Waals surface area (Å²) in [5.41, 5.74) is 3.19. The van der Waals surface area contributed by atoms with Crippen LogP contribution in [0, 0.1) is 0 Å². The van der Waals surface area contributed by atoms with Gasteiger partial charge in [-0.3, -0.25) is 33.1 Å². The molecule has 18 heteroatoms. The molecule has 0 amide bonds. The van der Waals surface area contributed by atoms with Crippen LogP contribution in [0.2, 0.25) is 0 Å². The normalized spacial score (nSPS) is 13.4. The molecule has 2 aromatic heterocycles. The van der Waals surface area contributed by atoms with E-state index < -0.39 is 42.4 Å². The minimum atomic E-state index is -4.75. The van der Waals surface area contributed by atoms with Gasteiger partial charge in [-0.1, -0.05) is 0 Å². The molecule has 0 aliphatic heterocycles. The first-order chi connectivity index (χ1) is 25.2. The van der Waals surface area contributed by atoms with Crippen LogP contribution in [-0.4, -0.2) is 114 Å². The first kappa shape index (κ1) is 41.6. The fourth-order valence-corrected chi connectivity index (χ4v) is 8.21. The molecule has 0 bridgehead atoms. The fourth-order valence-electron chi connectivity index (χ4n) is 6.25. The Kier molecular flexibility index (Phi) is 12.7. The van der Waals surface area contributed by atoms with Crippen LogP contribution >= 0.6 is 0 Å². The van der Waals surface area contributed by atoms with E-state index in [1.54, 1.807) is 54.4 Å². The van der Waals surface area contributed by atoms with Crippen molar-refractivity contribution >= 4 is 43.2 Å². The van der Waals surface area contributed by atoms with Gasteiger partial charge in [-0.25, -0.2) is 0 Å². The predicted octanol–water partition coefficient (Wildman–Crippen LogP) is 4.43. The second kappa shape index (κ2) is 16.5. The number of methoxy groups -OCH3 is 4. The van der Waals surface area contributed by atoms with Crippen LogP contribution in [0.25, 0.3) is 22.5 Å². The van der Waals surface area contributed by atoms with Gasteiger partial charge in [0.05, 0.1) is 71.5 Å². The number of carbonyl (C=O) groups is 2. The molecule has 2 atom stereocenters. The van der Waals surface area contributed by atoms with Crippen molar-refractivity contribution in [2.24, 2.45) is 0 Å². The average Bonchev–Trinajstić information content (AvgIpc) is 3.11. The molecule has 0 aliphatic rings. The molecule has 2 heterocycles. The van der Waals surface area contributed by atoms with Crippen molar-refractivity contribution in [3.63, 3.8) is 0 Å². The van der Waals surface area contributed by atoms with E-state index in [2.05, 4.69) is 9.97 Å². The van der Waals surface area contributed by atoms with Crippen LogP contribution in [0.15, 0.2) is 60.9 Å². The number of anilines is 1. The third kappa shape index (κ3) is 9.50. The van der Waals surface area contributed by atoms with Gasteiger partial charge in [0.15, 0.2) is 17.3 Å². The number of carbonyl (C=O) groups excluding carboxylic acids is 2. The largest absolute Gasteiger partial charge is 0.496 e. The van der Waals surface area contributed by atoms with Crippen molar-refractivity contribution < 1.29 is 54.5 Å². The van der Waals surface area contributed by atoms with Crippen LogP contribution < -0.4 is 28.3 Å². The molecule has 16 nitrogen and oxygen atoms in total. The van der Waals surface area contributed by atoms with E-state index in [0.717, 1.165) is 0 Å². The molecule has 0 saturated carbocycles. The Morgan fingerprint density at radius 1 is 0.722 bits per heavy atom. The van der Waals surface area contributed by atoms with Crippen LogP contribution in [-0.2, 0) is 20.2 Å². The van der Waals surface area contributed by atoms with Gasteiger partial charge in [-0.05, 0) is 56.3 Å². The highest BCUT2D eigenvalue weighted by Gasteiger charge is 2.42. The molecule has 0 radical (unpaired) electrons. The average molecular weight is 788 g/mol.